The number of hydrogen-bond donors (Lipinski definition) is 3. The number of nitriles is 1. The molecule has 0 radical (unpaired) electrons. The molecule has 0 saturated heterocycles. The molecule has 0 aliphatic heterocycles. The molecule has 0 fully saturated rings. The Hall–Kier alpha value is -2.90. The number of nitrogens with zero attached hydrogens (tertiary/aromatic N) is 5. The van der Waals surface area contributed by atoms with Crippen molar-refractivity contribution in [3.05, 3.63) is 18.1 Å². The number of guanidine groups is 1. The molecule has 4 N–H and O–H groups in total. The number of halogens is 3. The average molecular weight is 356 g/mol. The molecule has 0 aliphatic carbocycles. The fraction of sp³-hybridized carbons (Fsp3) is 0.500. The number of nitrogens with one attached hydrogen (secondary N) is 2. The predicted octanol–water partition coefficient (Wildman–Crippen LogP) is 1.55. The van der Waals surface area contributed by atoms with E-state index in [0.29, 0.717) is 29.4 Å². The fourth-order valence-corrected chi connectivity index (χ4v) is 1.80. The number of rotatable bonds is 7. The van der Waals surface area contributed by atoms with Crippen molar-refractivity contribution in [3.63, 3.8) is 0 Å². The quantitative estimate of drug-likeness (QED) is 0.224. The predicted molar refractivity (Wildman–Crippen MR) is 87.0 cm³/mol. The molecule has 0 atom stereocenters. The van der Waals surface area contributed by atoms with Crippen LogP contribution in [0.15, 0.2) is 17.3 Å². The topological polar surface area (TPSA) is 127 Å². The van der Waals surface area contributed by atoms with E-state index in [2.05, 4.69) is 20.3 Å². The van der Waals surface area contributed by atoms with Crippen LogP contribution in [0.4, 0.5) is 19.0 Å². The molecule has 0 bridgehead atoms. The van der Waals surface area contributed by atoms with E-state index in [9.17, 15) is 13.2 Å². The first-order valence-electron chi connectivity index (χ1n) is 7.40. The molecule has 1 rings (SSSR count). The Labute approximate surface area is 143 Å². The molecule has 8 nitrogen and oxygen atoms in total. The summed E-state index contributed by atoms with van der Waals surface area (Å²) >= 11 is 0. The second-order valence-corrected chi connectivity index (χ2v) is 4.99. The van der Waals surface area contributed by atoms with Crippen LogP contribution in [-0.4, -0.2) is 41.5 Å². The second-order valence-electron chi connectivity index (χ2n) is 4.99. The zero-order valence-electron chi connectivity index (χ0n) is 13.6. The molecule has 0 spiro atoms. The lowest BCUT2D eigenvalue weighted by molar-refractivity contribution is -0.118. The van der Waals surface area contributed by atoms with Gasteiger partial charge in [0.2, 0.25) is 5.96 Å². The smallest absolute Gasteiger partial charge is 0.377 e. The third-order valence-electron chi connectivity index (χ3n) is 3.05. The summed E-state index contributed by atoms with van der Waals surface area (Å²) < 4.78 is 36.6. The van der Waals surface area contributed by atoms with Gasteiger partial charge in [0.05, 0.1) is 5.84 Å². The summed E-state index contributed by atoms with van der Waals surface area (Å²) in [6.07, 6.45) is 1.11. The number of aryl methyl sites for hydroxylation is 1. The minimum absolute atomic E-state index is 0.0545. The number of hydrogen-bond acceptors (Lipinski definition) is 5. The van der Waals surface area contributed by atoms with E-state index in [1.807, 2.05) is 0 Å². The molecule has 136 valence electrons. The number of alkyl halides is 3. The maximum absolute atomic E-state index is 12.2. The van der Waals surface area contributed by atoms with Crippen LogP contribution in [0, 0.1) is 16.9 Å². The van der Waals surface area contributed by atoms with Crippen LogP contribution in [0.3, 0.4) is 0 Å². The number of amidine groups is 1. The molecule has 0 aliphatic rings. The van der Waals surface area contributed by atoms with Crippen molar-refractivity contribution in [3.8, 4) is 6.19 Å². The monoisotopic (exact) mass is 356 g/mol. The first kappa shape index (κ1) is 20.1. The van der Waals surface area contributed by atoms with Gasteiger partial charge in [0.15, 0.2) is 12.0 Å². The largest absolute Gasteiger partial charge is 0.408 e. The Kier molecular flexibility index (Phi) is 7.58. The van der Waals surface area contributed by atoms with E-state index in [1.165, 1.54) is 12.3 Å². The van der Waals surface area contributed by atoms with Crippen LogP contribution in [0.5, 0.6) is 0 Å². The fourth-order valence-electron chi connectivity index (χ4n) is 1.80. The van der Waals surface area contributed by atoms with Crippen molar-refractivity contribution in [2.75, 3.05) is 18.5 Å². The molecule has 0 unspecified atom stereocenters. The lowest BCUT2D eigenvalue weighted by Crippen LogP contribution is -2.35. The van der Waals surface area contributed by atoms with E-state index in [4.69, 9.17) is 16.4 Å². The normalized spacial score (nSPS) is 11.7. The SMILES string of the molecule is CNC(=N)CCCCc1nccc(N(C#N)C(N)=NCC(F)(F)F)n1. The van der Waals surface area contributed by atoms with Gasteiger partial charge in [0.1, 0.15) is 12.4 Å². The van der Waals surface area contributed by atoms with Crippen molar-refractivity contribution in [1.82, 2.24) is 15.3 Å². The number of aromatic nitrogens is 2. The van der Waals surface area contributed by atoms with Gasteiger partial charge in [0.25, 0.3) is 0 Å². The lowest BCUT2D eigenvalue weighted by atomic mass is 10.2. The van der Waals surface area contributed by atoms with E-state index in [-0.39, 0.29) is 5.82 Å². The Morgan fingerprint density at radius 3 is 2.80 bits per heavy atom. The van der Waals surface area contributed by atoms with Gasteiger partial charge in [-0.15, -0.1) is 0 Å². The number of aliphatic imine (C=N–C) groups is 1. The molecule has 25 heavy (non-hydrogen) atoms. The minimum atomic E-state index is -4.51. The van der Waals surface area contributed by atoms with Crippen LogP contribution in [0.1, 0.15) is 25.1 Å². The van der Waals surface area contributed by atoms with Gasteiger partial charge in [-0.1, -0.05) is 0 Å². The summed E-state index contributed by atoms with van der Waals surface area (Å²) in [5.74, 6) is 0.321. The van der Waals surface area contributed by atoms with Crippen molar-refractivity contribution < 1.29 is 13.2 Å². The van der Waals surface area contributed by atoms with E-state index in [0.717, 1.165) is 12.8 Å². The minimum Gasteiger partial charge on any atom is -0.377 e. The van der Waals surface area contributed by atoms with Crippen LogP contribution >= 0.6 is 0 Å². The van der Waals surface area contributed by atoms with Crippen molar-refractivity contribution >= 4 is 17.6 Å². The summed E-state index contributed by atoms with van der Waals surface area (Å²) in [5, 5.41) is 19.3. The number of nitrogens with two attached hydrogens (primary N) is 1. The third-order valence-corrected chi connectivity index (χ3v) is 3.05. The third kappa shape index (κ3) is 7.47. The number of anilines is 1. The zero-order chi connectivity index (χ0) is 18.9. The Morgan fingerprint density at radius 1 is 1.48 bits per heavy atom. The first-order chi connectivity index (χ1) is 11.8. The molecule has 1 aromatic heterocycles. The van der Waals surface area contributed by atoms with Gasteiger partial charge >= 0.3 is 6.18 Å². The van der Waals surface area contributed by atoms with Gasteiger partial charge in [-0.3, -0.25) is 5.41 Å². The Bertz CT molecular complexity index is 650. The van der Waals surface area contributed by atoms with Crippen molar-refractivity contribution in [2.24, 2.45) is 10.7 Å². The lowest BCUT2D eigenvalue weighted by Gasteiger charge is -2.14. The summed E-state index contributed by atoms with van der Waals surface area (Å²) in [6.45, 7) is -1.48. The Morgan fingerprint density at radius 2 is 2.20 bits per heavy atom. The van der Waals surface area contributed by atoms with Gasteiger partial charge in [0, 0.05) is 32.2 Å². The van der Waals surface area contributed by atoms with Gasteiger partial charge in [-0.05, 0) is 12.8 Å². The highest BCUT2D eigenvalue weighted by Crippen LogP contribution is 2.15. The summed E-state index contributed by atoms with van der Waals surface area (Å²) in [6, 6.07) is 1.36. The zero-order valence-corrected chi connectivity index (χ0v) is 13.6. The van der Waals surface area contributed by atoms with Gasteiger partial charge < -0.3 is 11.1 Å². The van der Waals surface area contributed by atoms with Crippen LogP contribution < -0.4 is 16.0 Å². The van der Waals surface area contributed by atoms with Crippen LogP contribution in [0.2, 0.25) is 0 Å². The highest BCUT2D eigenvalue weighted by molar-refractivity contribution is 5.96. The maximum Gasteiger partial charge on any atom is 0.408 e. The number of unbranched alkanes of at least 4 members (excludes halogenated alkanes) is 1. The molecule has 0 amide bonds. The highest BCUT2D eigenvalue weighted by Gasteiger charge is 2.27. The van der Waals surface area contributed by atoms with E-state index >= 15 is 0 Å². The summed E-state index contributed by atoms with van der Waals surface area (Å²) in [7, 11) is 1.68. The molecule has 11 heteroatoms. The van der Waals surface area contributed by atoms with Gasteiger partial charge in [-0.2, -0.15) is 23.3 Å². The Balaban J connectivity index is 2.74. The highest BCUT2D eigenvalue weighted by atomic mass is 19.4. The molecule has 0 aromatic carbocycles. The standard InChI is InChI=1S/C14H19F3N8/c1-21-10(19)4-2-3-5-11-22-7-6-12(24-11)25(9-18)13(20)23-8-14(15,16)17/h6-7H,2-5,8H2,1H3,(H2,19,21)(H2,20,23). The molecular weight excluding hydrogens is 337 g/mol. The second kappa shape index (κ2) is 9.41. The van der Waals surface area contributed by atoms with E-state index < -0.39 is 18.7 Å². The summed E-state index contributed by atoms with van der Waals surface area (Å²) in [4.78, 5) is 12.1. The van der Waals surface area contributed by atoms with Crippen LogP contribution in [0.25, 0.3) is 0 Å². The maximum atomic E-state index is 12.2. The van der Waals surface area contributed by atoms with Crippen LogP contribution in [-0.2, 0) is 6.42 Å². The average Bonchev–Trinajstić information content (AvgIpc) is 2.57. The van der Waals surface area contributed by atoms with Gasteiger partial charge in [-0.25, -0.2) is 15.0 Å². The van der Waals surface area contributed by atoms with Crippen molar-refractivity contribution in [1.29, 1.82) is 10.7 Å². The molecule has 0 saturated carbocycles. The van der Waals surface area contributed by atoms with E-state index in [1.54, 1.807) is 13.2 Å². The molecule has 1 heterocycles. The summed E-state index contributed by atoms with van der Waals surface area (Å²) in [5.41, 5.74) is 5.45. The molecular formula is C14H19F3N8. The molecule has 1 aromatic rings. The first-order valence-corrected chi connectivity index (χ1v) is 7.40. The van der Waals surface area contributed by atoms with Crippen molar-refractivity contribution in [2.45, 2.75) is 31.9 Å².